The van der Waals surface area contributed by atoms with E-state index in [1.54, 1.807) is 12.1 Å². The predicted molar refractivity (Wildman–Crippen MR) is 93.7 cm³/mol. The van der Waals surface area contributed by atoms with Crippen LogP contribution in [0.5, 0.6) is 5.75 Å². The Bertz CT molecular complexity index is 599. The van der Waals surface area contributed by atoms with Crippen LogP contribution in [0.15, 0.2) is 24.3 Å². The van der Waals surface area contributed by atoms with Crippen LogP contribution in [0.3, 0.4) is 0 Å². The molecule has 2 aliphatic carbocycles. The lowest BCUT2D eigenvalue weighted by atomic mass is 9.76. The van der Waals surface area contributed by atoms with Crippen LogP contribution in [-0.2, 0) is 4.79 Å². The summed E-state index contributed by atoms with van der Waals surface area (Å²) in [4.78, 5) is 12.3. The third-order valence-corrected chi connectivity index (χ3v) is 5.64. The minimum Gasteiger partial charge on any atom is -0.490 e. The van der Waals surface area contributed by atoms with E-state index >= 15 is 0 Å². The van der Waals surface area contributed by atoms with Crippen LogP contribution in [0.4, 0.5) is 4.39 Å². The molecule has 0 aliphatic heterocycles. The van der Waals surface area contributed by atoms with Crippen LogP contribution in [0.2, 0.25) is 0 Å². The summed E-state index contributed by atoms with van der Waals surface area (Å²) >= 11 is 0. The average molecular weight is 349 g/mol. The van der Waals surface area contributed by atoms with Gasteiger partial charge in [0, 0.05) is 18.0 Å². The third-order valence-electron chi connectivity index (χ3n) is 5.64. The van der Waals surface area contributed by atoms with Gasteiger partial charge in [0.25, 0.3) is 0 Å². The number of hydrogen-bond acceptors (Lipinski definition) is 3. The van der Waals surface area contributed by atoms with Gasteiger partial charge in [-0.3, -0.25) is 4.79 Å². The number of halogens is 1. The van der Waals surface area contributed by atoms with Crippen molar-refractivity contribution in [2.24, 2.45) is 11.8 Å². The van der Waals surface area contributed by atoms with Crippen LogP contribution in [0, 0.1) is 17.7 Å². The molecular formula is C20H28FNO3. The molecule has 0 aromatic heterocycles. The fourth-order valence-corrected chi connectivity index (χ4v) is 3.87. The maximum Gasteiger partial charge on any atom is 0.223 e. The van der Waals surface area contributed by atoms with E-state index in [2.05, 4.69) is 5.32 Å². The molecule has 0 unspecified atom stereocenters. The number of benzene rings is 1. The number of amides is 1. The fraction of sp³-hybridized carbons (Fsp3) is 0.650. The monoisotopic (exact) mass is 349 g/mol. The maximum atomic E-state index is 13.1. The molecule has 0 heterocycles. The van der Waals surface area contributed by atoms with E-state index in [4.69, 9.17) is 4.74 Å². The predicted octanol–water partition coefficient (Wildman–Crippen LogP) is 3.43. The third kappa shape index (κ3) is 4.72. The molecule has 0 atom stereocenters. The van der Waals surface area contributed by atoms with Crippen molar-refractivity contribution in [1.29, 1.82) is 0 Å². The van der Waals surface area contributed by atoms with Crippen LogP contribution in [0.25, 0.3) is 0 Å². The lowest BCUT2D eigenvalue weighted by Gasteiger charge is -2.38. The molecule has 0 spiro atoms. The number of carbonyl (C=O) groups is 1. The first-order valence-corrected chi connectivity index (χ1v) is 9.26. The van der Waals surface area contributed by atoms with Gasteiger partial charge in [0.05, 0.1) is 5.60 Å². The molecule has 5 heteroatoms. The molecule has 1 aromatic carbocycles. The molecule has 0 bridgehead atoms. The Labute approximate surface area is 148 Å². The zero-order chi connectivity index (χ0) is 18.0. The van der Waals surface area contributed by atoms with E-state index in [1.165, 1.54) is 12.1 Å². The summed E-state index contributed by atoms with van der Waals surface area (Å²) in [5.74, 6) is 0.617. The number of aliphatic hydroxyl groups is 1. The first kappa shape index (κ1) is 18.2. The second-order valence-corrected chi connectivity index (χ2v) is 8.08. The van der Waals surface area contributed by atoms with E-state index in [0.717, 1.165) is 25.7 Å². The van der Waals surface area contributed by atoms with Gasteiger partial charge >= 0.3 is 0 Å². The molecule has 3 rings (SSSR count). The molecule has 0 radical (unpaired) electrons. The van der Waals surface area contributed by atoms with E-state index < -0.39 is 5.60 Å². The van der Waals surface area contributed by atoms with E-state index in [0.29, 0.717) is 24.5 Å². The molecule has 2 aliphatic rings. The second-order valence-electron chi connectivity index (χ2n) is 8.08. The Morgan fingerprint density at radius 1 is 1.24 bits per heavy atom. The van der Waals surface area contributed by atoms with E-state index in [1.807, 2.05) is 13.8 Å². The van der Waals surface area contributed by atoms with Crippen molar-refractivity contribution in [2.75, 3.05) is 0 Å². The summed E-state index contributed by atoms with van der Waals surface area (Å²) in [6, 6.07) is 6.33. The van der Waals surface area contributed by atoms with Gasteiger partial charge in [0.15, 0.2) is 0 Å². The topological polar surface area (TPSA) is 58.6 Å². The van der Waals surface area contributed by atoms with Crippen molar-refractivity contribution in [2.45, 2.75) is 70.1 Å². The Kier molecular flexibility index (Phi) is 5.32. The van der Waals surface area contributed by atoms with Crippen molar-refractivity contribution >= 4 is 5.91 Å². The molecule has 4 nitrogen and oxygen atoms in total. The lowest BCUT2D eigenvalue weighted by Crippen LogP contribution is -2.48. The van der Waals surface area contributed by atoms with Crippen LogP contribution in [0.1, 0.15) is 52.4 Å². The van der Waals surface area contributed by atoms with Crippen molar-refractivity contribution in [3.05, 3.63) is 30.1 Å². The Hall–Kier alpha value is -1.62. The quantitative estimate of drug-likeness (QED) is 0.856. The molecule has 2 N–H and O–H groups in total. The smallest absolute Gasteiger partial charge is 0.223 e. The number of rotatable bonds is 5. The SMILES string of the molecule is CC(C)(O)[C@H]1CC[C@H](NC(=O)[C@H]2C[C@H](Oc3cccc(F)c3)C2)CC1. The highest BCUT2D eigenvalue weighted by atomic mass is 19.1. The summed E-state index contributed by atoms with van der Waals surface area (Å²) in [7, 11) is 0. The molecule has 2 fully saturated rings. The summed E-state index contributed by atoms with van der Waals surface area (Å²) < 4.78 is 18.9. The highest BCUT2D eigenvalue weighted by molar-refractivity contribution is 5.80. The molecule has 1 amide bonds. The molecule has 25 heavy (non-hydrogen) atoms. The van der Waals surface area contributed by atoms with Crippen LogP contribution < -0.4 is 10.1 Å². The number of hydrogen-bond donors (Lipinski definition) is 2. The van der Waals surface area contributed by atoms with E-state index in [9.17, 15) is 14.3 Å². The molecule has 0 saturated heterocycles. The van der Waals surface area contributed by atoms with Crippen molar-refractivity contribution < 1.29 is 19.0 Å². The number of nitrogens with one attached hydrogen (secondary N) is 1. The van der Waals surface area contributed by atoms with Gasteiger partial charge in [-0.15, -0.1) is 0 Å². The zero-order valence-electron chi connectivity index (χ0n) is 15.0. The Balaban J connectivity index is 1.38. The summed E-state index contributed by atoms with van der Waals surface area (Å²) in [6.07, 6.45) is 5.10. The minimum absolute atomic E-state index is 0.00874. The average Bonchev–Trinajstić information content (AvgIpc) is 2.50. The van der Waals surface area contributed by atoms with Crippen molar-refractivity contribution in [1.82, 2.24) is 5.32 Å². The minimum atomic E-state index is -0.634. The summed E-state index contributed by atoms with van der Waals surface area (Å²) in [5, 5.41) is 13.2. The highest BCUT2D eigenvalue weighted by Crippen LogP contribution is 2.34. The molecule has 138 valence electrons. The molecular weight excluding hydrogens is 321 g/mol. The largest absolute Gasteiger partial charge is 0.490 e. The van der Waals surface area contributed by atoms with Crippen molar-refractivity contribution in [3.63, 3.8) is 0 Å². The first-order valence-electron chi connectivity index (χ1n) is 9.26. The van der Waals surface area contributed by atoms with Gasteiger partial charge in [-0.05, 0) is 70.4 Å². The Morgan fingerprint density at radius 2 is 1.92 bits per heavy atom. The zero-order valence-corrected chi connectivity index (χ0v) is 15.0. The number of carbonyl (C=O) groups excluding carboxylic acids is 1. The first-order chi connectivity index (χ1) is 11.8. The van der Waals surface area contributed by atoms with Gasteiger partial charge in [0.1, 0.15) is 17.7 Å². The Morgan fingerprint density at radius 3 is 2.52 bits per heavy atom. The normalized spacial score (nSPS) is 29.6. The summed E-state index contributed by atoms with van der Waals surface area (Å²) in [6.45, 7) is 3.73. The van der Waals surface area contributed by atoms with Crippen molar-refractivity contribution in [3.8, 4) is 5.75 Å². The molecule has 2 saturated carbocycles. The second kappa shape index (κ2) is 7.32. The van der Waals surface area contributed by atoms with Gasteiger partial charge in [-0.2, -0.15) is 0 Å². The summed E-state index contributed by atoms with van der Waals surface area (Å²) in [5.41, 5.74) is -0.634. The maximum absolute atomic E-state index is 13.1. The van der Waals surface area contributed by atoms with Gasteiger partial charge in [-0.1, -0.05) is 6.07 Å². The van der Waals surface area contributed by atoms with Gasteiger partial charge in [-0.25, -0.2) is 4.39 Å². The number of ether oxygens (including phenoxy) is 1. The van der Waals surface area contributed by atoms with Crippen LogP contribution in [-0.4, -0.2) is 28.8 Å². The lowest BCUT2D eigenvalue weighted by molar-refractivity contribution is -0.131. The van der Waals surface area contributed by atoms with E-state index in [-0.39, 0.29) is 29.8 Å². The highest BCUT2D eigenvalue weighted by Gasteiger charge is 2.38. The molecule has 1 aromatic rings. The van der Waals surface area contributed by atoms with Gasteiger partial charge in [0.2, 0.25) is 5.91 Å². The van der Waals surface area contributed by atoms with Crippen LogP contribution >= 0.6 is 0 Å². The fourth-order valence-electron chi connectivity index (χ4n) is 3.87. The standard InChI is InChI=1S/C20H28FNO3/c1-20(2,24)14-6-8-16(9-7-14)22-19(23)13-10-18(11-13)25-17-5-3-4-15(21)12-17/h3-5,12-14,16,18,24H,6-11H2,1-2H3,(H,22,23)/t13-,14-,16-,18-. The van der Waals surface area contributed by atoms with Gasteiger partial charge < -0.3 is 15.2 Å².